The van der Waals surface area contributed by atoms with Gasteiger partial charge in [-0.1, -0.05) is 34.1 Å². The lowest BCUT2D eigenvalue weighted by Gasteiger charge is -2.11. The van der Waals surface area contributed by atoms with Crippen molar-refractivity contribution in [2.75, 3.05) is 5.32 Å². The third-order valence-electron chi connectivity index (χ3n) is 4.26. The molecule has 0 saturated carbocycles. The molecule has 0 saturated heterocycles. The van der Waals surface area contributed by atoms with E-state index in [4.69, 9.17) is 4.74 Å². The van der Waals surface area contributed by atoms with Crippen LogP contribution in [0.25, 0.3) is 6.08 Å². The number of hydrogen-bond donors (Lipinski definition) is 1. The molecule has 7 nitrogen and oxygen atoms in total. The number of nitriles is 1. The first kappa shape index (κ1) is 23.4. The number of hydrogen-bond acceptors (Lipinski definition) is 5. The Hall–Kier alpha value is -3.23. The van der Waals surface area contributed by atoms with Gasteiger partial charge >= 0.3 is 0 Å². The Morgan fingerprint density at radius 3 is 2.62 bits per heavy atom. The number of halogens is 2. The minimum absolute atomic E-state index is 0.163. The number of non-ortho nitro benzene ring substituents is 1. The van der Waals surface area contributed by atoms with Crippen molar-refractivity contribution in [2.45, 2.75) is 6.61 Å². The highest BCUT2D eigenvalue weighted by Crippen LogP contribution is 2.27. The molecule has 0 aliphatic rings. The molecule has 1 N–H and O–H groups in total. The van der Waals surface area contributed by atoms with Crippen LogP contribution in [-0.2, 0) is 11.4 Å². The Bertz CT molecular complexity index is 1240. The van der Waals surface area contributed by atoms with Gasteiger partial charge in [-0.05, 0) is 70.6 Å². The topological polar surface area (TPSA) is 105 Å². The molecule has 3 aromatic carbocycles. The van der Waals surface area contributed by atoms with Crippen LogP contribution < -0.4 is 10.1 Å². The Morgan fingerprint density at radius 1 is 1.19 bits per heavy atom. The fourth-order valence-corrected chi connectivity index (χ4v) is 3.44. The average molecular weight is 604 g/mol. The van der Waals surface area contributed by atoms with Gasteiger partial charge < -0.3 is 10.1 Å². The quantitative estimate of drug-likeness (QED) is 0.116. The van der Waals surface area contributed by atoms with E-state index in [0.717, 1.165) is 13.6 Å². The smallest absolute Gasteiger partial charge is 0.271 e. The second kappa shape index (κ2) is 10.9. The number of ether oxygens (including phenoxy) is 1. The highest BCUT2D eigenvalue weighted by molar-refractivity contribution is 14.1. The number of nitro groups is 1. The molecule has 32 heavy (non-hydrogen) atoms. The maximum absolute atomic E-state index is 12.6. The molecule has 0 bridgehead atoms. The van der Waals surface area contributed by atoms with E-state index in [0.29, 0.717) is 17.9 Å². The largest absolute Gasteiger partial charge is 0.488 e. The third kappa shape index (κ3) is 6.38. The van der Waals surface area contributed by atoms with Crippen LogP contribution in [-0.4, -0.2) is 10.8 Å². The van der Waals surface area contributed by atoms with Gasteiger partial charge in [-0.3, -0.25) is 14.9 Å². The van der Waals surface area contributed by atoms with Crippen molar-refractivity contribution in [3.05, 3.63) is 102 Å². The molecule has 0 fully saturated rings. The summed E-state index contributed by atoms with van der Waals surface area (Å²) in [6.45, 7) is 0.321. The van der Waals surface area contributed by atoms with Crippen LogP contribution in [0.15, 0.2) is 76.8 Å². The maximum Gasteiger partial charge on any atom is 0.271 e. The van der Waals surface area contributed by atoms with Crippen molar-refractivity contribution in [3.8, 4) is 11.8 Å². The molecule has 9 heteroatoms. The van der Waals surface area contributed by atoms with Crippen LogP contribution >= 0.6 is 38.5 Å². The highest BCUT2D eigenvalue weighted by atomic mass is 127. The SMILES string of the molecule is N#C/C(=C\c1cc(Br)ccc1OCc1ccc(I)cc1)C(=O)Nc1cccc([N+](=O)[O-])c1. The molecule has 0 heterocycles. The van der Waals surface area contributed by atoms with Crippen molar-refractivity contribution < 1.29 is 14.5 Å². The standard InChI is InChI=1S/C23H15BrIN3O4/c24-18-6-9-22(32-14-15-4-7-19(25)8-5-15)16(11-18)10-17(13-26)23(29)27-20-2-1-3-21(12-20)28(30)31/h1-12H,14H2,(H,27,29)/b17-10+. The zero-order valence-electron chi connectivity index (χ0n) is 16.4. The van der Waals surface area contributed by atoms with Crippen LogP contribution in [0.3, 0.4) is 0 Å². The molecular formula is C23H15BrIN3O4. The first-order chi connectivity index (χ1) is 15.4. The van der Waals surface area contributed by atoms with E-state index in [-0.39, 0.29) is 16.9 Å². The van der Waals surface area contributed by atoms with E-state index in [2.05, 4.69) is 43.8 Å². The summed E-state index contributed by atoms with van der Waals surface area (Å²) in [6, 6.07) is 20.5. The molecule has 0 unspecified atom stereocenters. The second-order valence-electron chi connectivity index (χ2n) is 6.53. The molecule has 0 radical (unpaired) electrons. The summed E-state index contributed by atoms with van der Waals surface area (Å²) in [7, 11) is 0. The van der Waals surface area contributed by atoms with Gasteiger partial charge in [0.05, 0.1) is 4.92 Å². The number of carbonyl (C=O) groups excluding carboxylic acids is 1. The van der Waals surface area contributed by atoms with E-state index in [1.54, 1.807) is 18.2 Å². The Labute approximate surface area is 206 Å². The van der Waals surface area contributed by atoms with Crippen LogP contribution in [0.4, 0.5) is 11.4 Å². The molecule has 0 aliphatic carbocycles. The number of nitro benzene ring substituents is 1. The van der Waals surface area contributed by atoms with Gasteiger partial charge in [0.2, 0.25) is 0 Å². The summed E-state index contributed by atoms with van der Waals surface area (Å²) < 4.78 is 7.79. The lowest BCUT2D eigenvalue weighted by atomic mass is 10.1. The summed E-state index contributed by atoms with van der Waals surface area (Å²) in [4.78, 5) is 23.0. The number of anilines is 1. The zero-order chi connectivity index (χ0) is 23.1. The van der Waals surface area contributed by atoms with E-state index in [9.17, 15) is 20.2 Å². The molecule has 3 aromatic rings. The van der Waals surface area contributed by atoms with E-state index in [1.807, 2.05) is 30.3 Å². The van der Waals surface area contributed by atoms with Gasteiger partial charge in [0.15, 0.2) is 0 Å². The summed E-state index contributed by atoms with van der Waals surface area (Å²) in [6.07, 6.45) is 1.42. The van der Waals surface area contributed by atoms with E-state index < -0.39 is 10.8 Å². The molecular weight excluding hydrogens is 589 g/mol. The minimum Gasteiger partial charge on any atom is -0.488 e. The van der Waals surface area contributed by atoms with Gasteiger partial charge in [-0.15, -0.1) is 0 Å². The van der Waals surface area contributed by atoms with Gasteiger partial charge in [0, 0.05) is 31.4 Å². The van der Waals surface area contributed by atoms with Crippen molar-refractivity contribution >= 4 is 61.9 Å². The number of amides is 1. The van der Waals surface area contributed by atoms with Crippen molar-refractivity contribution in [1.82, 2.24) is 0 Å². The lowest BCUT2D eigenvalue weighted by molar-refractivity contribution is -0.384. The summed E-state index contributed by atoms with van der Waals surface area (Å²) in [5.41, 5.74) is 1.40. The predicted molar refractivity (Wildman–Crippen MR) is 133 cm³/mol. The van der Waals surface area contributed by atoms with Crippen molar-refractivity contribution in [2.24, 2.45) is 0 Å². The summed E-state index contributed by atoms with van der Waals surface area (Å²) in [5, 5.41) is 23.0. The molecule has 0 aromatic heterocycles. The predicted octanol–water partition coefficient (Wildman–Crippen LogP) is 6.09. The van der Waals surface area contributed by atoms with Crippen LogP contribution in [0.2, 0.25) is 0 Å². The first-order valence-corrected chi connectivity index (χ1v) is 11.1. The number of nitrogens with one attached hydrogen (secondary N) is 1. The van der Waals surface area contributed by atoms with Gasteiger partial charge in [-0.25, -0.2) is 0 Å². The van der Waals surface area contributed by atoms with Crippen molar-refractivity contribution in [1.29, 1.82) is 5.26 Å². The normalized spacial score (nSPS) is 10.8. The average Bonchev–Trinajstić information content (AvgIpc) is 2.78. The Kier molecular flexibility index (Phi) is 7.97. The number of carbonyl (C=O) groups is 1. The maximum atomic E-state index is 12.6. The van der Waals surface area contributed by atoms with Gasteiger partial charge in [0.25, 0.3) is 11.6 Å². The lowest BCUT2D eigenvalue weighted by Crippen LogP contribution is -2.13. The molecule has 0 aliphatic heterocycles. The fourth-order valence-electron chi connectivity index (χ4n) is 2.71. The molecule has 0 spiro atoms. The van der Waals surface area contributed by atoms with Crippen molar-refractivity contribution in [3.63, 3.8) is 0 Å². The van der Waals surface area contributed by atoms with Crippen LogP contribution in [0, 0.1) is 25.0 Å². The van der Waals surface area contributed by atoms with Crippen LogP contribution in [0.5, 0.6) is 5.75 Å². The van der Waals surface area contributed by atoms with Gasteiger partial charge in [-0.2, -0.15) is 5.26 Å². The van der Waals surface area contributed by atoms with Gasteiger partial charge in [0.1, 0.15) is 24.0 Å². The number of benzene rings is 3. The zero-order valence-corrected chi connectivity index (χ0v) is 20.2. The monoisotopic (exact) mass is 603 g/mol. The molecule has 3 rings (SSSR count). The molecule has 0 atom stereocenters. The summed E-state index contributed by atoms with van der Waals surface area (Å²) in [5.74, 6) is -0.181. The van der Waals surface area contributed by atoms with E-state index in [1.165, 1.54) is 30.3 Å². The molecule has 1 amide bonds. The Morgan fingerprint density at radius 2 is 1.94 bits per heavy atom. The van der Waals surface area contributed by atoms with E-state index >= 15 is 0 Å². The Balaban J connectivity index is 1.82. The third-order valence-corrected chi connectivity index (χ3v) is 5.47. The summed E-state index contributed by atoms with van der Waals surface area (Å²) >= 11 is 5.62. The number of nitrogens with zero attached hydrogens (tertiary/aromatic N) is 2. The first-order valence-electron chi connectivity index (χ1n) is 9.20. The fraction of sp³-hybridized carbons (Fsp3) is 0.0435. The second-order valence-corrected chi connectivity index (χ2v) is 8.69. The minimum atomic E-state index is -0.684. The number of rotatable bonds is 7. The van der Waals surface area contributed by atoms with Crippen LogP contribution in [0.1, 0.15) is 11.1 Å². The highest BCUT2D eigenvalue weighted by Gasteiger charge is 2.14. The molecule has 160 valence electrons.